The summed E-state index contributed by atoms with van der Waals surface area (Å²) >= 11 is 0. The van der Waals surface area contributed by atoms with Crippen molar-refractivity contribution in [2.45, 2.75) is 63.5 Å². The second-order valence-corrected chi connectivity index (χ2v) is 5.58. The summed E-state index contributed by atoms with van der Waals surface area (Å²) in [7, 11) is 1.87. The predicted molar refractivity (Wildman–Crippen MR) is 77.3 cm³/mol. The molecule has 1 atom stereocenters. The van der Waals surface area contributed by atoms with Gasteiger partial charge in [0.1, 0.15) is 5.76 Å². The van der Waals surface area contributed by atoms with E-state index in [1.54, 1.807) is 6.26 Å². The zero-order valence-corrected chi connectivity index (χ0v) is 12.3. The van der Waals surface area contributed by atoms with Crippen LogP contribution in [0, 0.1) is 0 Å². The summed E-state index contributed by atoms with van der Waals surface area (Å²) in [6, 6.07) is 4.36. The quantitative estimate of drug-likeness (QED) is 0.799. The molecule has 1 unspecified atom stereocenters. The number of methoxy groups -OCH3 is 1. The topological polar surface area (TPSA) is 34.4 Å². The maximum absolute atomic E-state index is 6.02. The van der Waals surface area contributed by atoms with Crippen LogP contribution in [-0.2, 0) is 11.2 Å². The van der Waals surface area contributed by atoms with E-state index in [9.17, 15) is 0 Å². The highest BCUT2D eigenvalue weighted by Crippen LogP contribution is 2.34. The highest BCUT2D eigenvalue weighted by atomic mass is 16.5. The Morgan fingerprint density at radius 3 is 2.58 bits per heavy atom. The molecule has 0 bridgehead atoms. The van der Waals surface area contributed by atoms with Crippen LogP contribution in [0.5, 0.6) is 0 Å². The Labute approximate surface area is 116 Å². The standard InChI is InChI=1S/C16H27NO2/c1-3-17-15(13-14-9-8-12-19-14)16(18-2)10-6-4-5-7-11-16/h8-9,12,15,17H,3-7,10-11,13H2,1-2H3. The number of likely N-dealkylation sites (N-methyl/N-ethyl adjacent to an activating group) is 1. The molecule has 1 saturated carbocycles. The lowest BCUT2D eigenvalue weighted by Gasteiger charge is -2.39. The molecule has 1 heterocycles. The van der Waals surface area contributed by atoms with Crippen molar-refractivity contribution in [1.29, 1.82) is 0 Å². The van der Waals surface area contributed by atoms with Gasteiger partial charge in [0.2, 0.25) is 0 Å². The predicted octanol–water partition coefficient (Wildman–Crippen LogP) is 3.54. The molecule has 0 radical (unpaired) electrons. The van der Waals surface area contributed by atoms with E-state index in [4.69, 9.17) is 9.15 Å². The van der Waals surface area contributed by atoms with Gasteiger partial charge in [-0.05, 0) is 31.5 Å². The second kappa shape index (κ2) is 7.11. The van der Waals surface area contributed by atoms with Gasteiger partial charge >= 0.3 is 0 Å². The molecule has 0 saturated heterocycles. The van der Waals surface area contributed by atoms with Crippen LogP contribution in [0.15, 0.2) is 22.8 Å². The summed E-state index contributed by atoms with van der Waals surface area (Å²) in [6.07, 6.45) is 10.2. The number of furan rings is 1. The van der Waals surface area contributed by atoms with Gasteiger partial charge in [-0.15, -0.1) is 0 Å². The van der Waals surface area contributed by atoms with E-state index in [1.165, 1.54) is 25.7 Å². The molecular weight excluding hydrogens is 238 g/mol. The van der Waals surface area contributed by atoms with Crippen molar-refractivity contribution in [1.82, 2.24) is 5.32 Å². The molecule has 1 aliphatic rings. The van der Waals surface area contributed by atoms with Gasteiger partial charge in [-0.2, -0.15) is 0 Å². The van der Waals surface area contributed by atoms with Crippen molar-refractivity contribution in [3.8, 4) is 0 Å². The van der Waals surface area contributed by atoms with Crippen LogP contribution in [0.4, 0.5) is 0 Å². The van der Waals surface area contributed by atoms with Gasteiger partial charge < -0.3 is 14.5 Å². The summed E-state index contributed by atoms with van der Waals surface area (Å²) < 4.78 is 11.5. The minimum atomic E-state index is -0.0285. The van der Waals surface area contributed by atoms with E-state index >= 15 is 0 Å². The molecular formula is C16H27NO2. The molecule has 19 heavy (non-hydrogen) atoms. The molecule has 1 fully saturated rings. The fraction of sp³-hybridized carbons (Fsp3) is 0.750. The van der Waals surface area contributed by atoms with Gasteiger partial charge in [0, 0.05) is 19.6 Å². The number of ether oxygens (including phenoxy) is 1. The van der Waals surface area contributed by atoms with Crippen LogP contribution in [0.2, 0.25) is 0 Å². The Balaban J connectivity index is 2.13. The van der Waals surface area contributed by atoms with Crippen LogP contribution in [0.25, 0.3) is 0 Å². The lowest BCUT2D eigenvalue weighted by atomic mass is 9.83. The van der Waals surface area contributed by atoms with E-state index < -0.39 is 0 Å². The molecule has 0 aliphatic heterocycles. The minimum absolute atomic E-state index is 0.0285. The largest absolute Gasteiger partial charge is 0.469 e. The molecule has 1 aliphatic carbocycles. The SMILES string of the molecule is CCNC(Cc1ccco1)C1(OC)CCCCCC1. The van der Waals surface area contributed by atoms with Crippen LogP contribution in [0.1, 0.15) is 51.2 Å². The number of hydrogen-bond donors (Lipinski definition) is 1. The van der Waals surface area contributed by atoms with E-state index in [-0.39, 0.29) is 5.60 Å². The molecule has 1 aromatic heterocycles. The lowest BCUT2D eigenvalue weighted by Crippen LogP contribution is -2.53. The molecule has 0 aromatic carbocycles. The van der Waals surface area contributed by atoms with E-state index in [0.29, 0.717) is 6.04 Å². The highest BCUT2D eigenvalue weighted by molar-refractivity contribution is 5.05. The number of nitrogens with one attached hydrogen (secondary N) is 1. The van der Waals surface area contributed by atoms with E-state index in [0.717, 1.165) is 31.6 Å². The second-order valence-electron chi connectivity index (χ2n) is 5.58. The third-order valence-corrected chi connectivity index (χ3v) is 4.43. The third kappa shape index (κ3) is 3.61. The summed E-state index contributed by atoms with van der Waals surface area (Å²) in [5, 5.41) is 3.63. The van der Waals surface area contributed by atoms with Gasteiger partial charge in [0.25, 0.3) is 0 Å². The molecule has 2 rings (SSSR count). The average Bonchev–Trinajstić information content (AvgIpc) is 2.81. The monoisotopic (exact) mass is 265 g/mol. The first-order valence-corrected chi connectivity index (χ1v) is 7.61. The molecule has 3 heteroatoms. The summed E-state index contributed by atoms with van der Waals surface area (Å²) in [5.41, 5.74) is -0.0285. The van der Waals surface area contributed by atoms with Crippen molar-refractivity contribution in [3.05, 3.63) is 24.2 Å². The van der Waals surface area contributed by atoms with Crippen LogP contribution >= 0.6 is 0 Å². The first-order chi connectivity index (χ1) is 9.30. The molecule has 108 valence electrons. The van der Waals surface area contributed by atoms with Crippen molar-refractivity contribution in [2.24, 2.45) is 0 Å². The van der Waals surface area contributed by atoms with E-state index in [1.807, 2.05) is 13.2 Å². The first kappa shape index (κ1) is 14.6. The maximum atomic E-state index is 6.02. The Bertz CT molecular complexity index is 340. The first-order valence-electron chi connectivity index (χ1n) is 7.61. The van der Waals surface area contributed by atoms with Gasteiger partial charge in [0.15, 0.2) is 0 Å². The molecule has 1 N–H and O–H groups in total. The Kier molecular flexibility index (Phi) is 5.46. The van der Waals surface area contributed by atoms with Crippen LogP contribution < -0.4 is 5.32 Å². The summed E-state index contributed by atoms with van der Waals surface area (Å²) in [5.74, 6) is 1.05. The molecule has 3 nitrogen and oxygen atoms in total. The van der Waals surface area contributed by atoms with Gasteiger partial charge in [-0.1, -0.05) is 32.6 Å². The zero-order valence-electron chi connectivity index (χ0n) is 12.3. The fourth-order valence-electron chi connectivity index (χ4n) is 3.34. The minimum Gasteiger partial charge on any atom is -0.469 e. The van der Waals surface area contributed by atoms with Crippen LogP contribution in [0.3, 0.4) is 0 Å². The summed E-state index contributed by atoms with van der Waals surface area (Å²) in [4.78, 5) is 0. The third-order valence-electron chi connectivity index (χ3n) is 4.43. The van der Waals surface area contributed by atoms with Crippen molar-refractivity contribution >= 4 is 0 Å². The Hall–Kier alpha value is -0.800. The van der Waals surface area contributed by atoms with Crippen molar-refractivity contribution < 1.29 is 9.15 Å². The smallest absolute Gasteiger partial charge is 0.105 e. The molecule has 0 spiro atoms. The summed E-state index contributed by atoms with van der Waals surface area (Å²) in [6.45, 7) is 3.13. The van der Waals surface area contributed by atoms with E-state index in [2.05, 4.69) is 18.3 Å². The highest BCUT2D eigenvalue weighted by Gasteiger charge is 2.39. The van der Waals surface area contributed by atoms with Gasteiger partial charge in [0.05, 0.1) is 11.9 Å². The van der Waals surface area contributed by atoms with Gasteiger partial charge in [-0.3, -0.25) is 0 Å². The Morgan fingerprint density at radius 1 is 1.32 bits per heavy atom. The van der Waals surface area contributed by atoms with Gasteiger partial charge in [-0.25, -0.2) is 0 Å². The number of hydrogen-bond acceptors (Lipinski definition) is 3. The number of rotatable bonds is 6. The zero-order chi connectivity index (χ0) is 13.6. The maximum Gasteiger partial charge on any atom is 0.105 e. The molecule has 0 amide bonds. The normalized spacial score (nSPS) is 20.9. The fourth-order valence-corrected chi connectivity index (χ4v) is 3.34. The Morgan fingerprint density at radius 2 is 2.05 bits per heavy atom. The average molecular weight is 265 g/mol. The molecule has 1 aromatic rings. The lowest BCUT2D eigenvalue weighted by molar-refractivity contribution is -0.0532. The van der Waals surface area contributed by atoms with Crippen molar-refractivity contribution in [3.63, 3.8) is 0 Å². The van der Waals surface area contributed by atoms with Crippen LogP contribution in [-0.4, -0.2) is 25.3 Å². The van der Waals surface area contributed by atoms with Crippen molar-refractivity contribution in [2.75, 3.05) is 13.7 Å².